The predicted molar refractivity (Wildman–Crippen MR) is 212 cm³/mol. The standard InChI is InChI=1S/C47H29N5/c48-30-31-14-13-17-33(28-31)47-49-39(32-15-3-1-4-16-32)29-40(50-47)37-21-8-11-24-42(37)52-41-23-10-7-20-35(41)36-26-27-44-45(46(36)52)38-22-9-12-25-43(38)51(44)34-18-5-2-6-19-34/h1-29H. The van der Waals surface area contributed by atoms with Gasteiger partial charge in [0.05, 0.1) is 50.8 Å². The number of rotatable bonds is 5. The van der Waals surface area contributed by atoms with E-state index in [4.69, 9.17) is 9.97 Å². The van der Waals surface area contributed by atoms with Gasteiger partial charge in [-0.2, -0.15) is 5.26 Å². The summed E-state index contributed by atoms with van der Waals surface area (Å²) in [4.78, 5) is 10.3. The monoisotopic (exact) mass is 663 g/mol. The molecule has 0 atom stereocenters. The van der Waals surface area contributed by atoms with Crippen molar-refractivity contribution in [1.29, 1.82) is 5.26 Å². The van der Waals surface area contributed by atoms with Gasteiger partial charge in [0.25, 0.3) is 0 Å². The summed E-state index contributed by atoms with van der Waals surface area (Å²) in [5.41, 5.74) is 11.7. The van der Waals surface area contributed by atoms with E-state index in [-0.39, 0.29) is 0 Å². The second-order valence-electron chi connectivity index (χ2n) is 12.9. The van der Waals surface area contributed by atoms with Crippen LogP contribution in [0.25, 0.3) is 88.9 Å². The first-order chi connectivity index (χ1) is 25.8. The first-order valence-electron chi connectivity index (χ1n) is 17.3. The smallest absolute Gasteiger partial charge is 0.160 e. The summed E-state index contributed by atoms with van der Waals surface area (Å²) in [5.74, 6) is 0.568. The van der Waals surface area contributed by atoms with E-state index in [2.05, 4.69) is 149 Å². The Morgan fingerprint density at radius 3 is 1.92 bits per heavy atom. The van der Waals surface area contributed by atoms with Gasteiger partial charge in [0.2, 0.25) is 0 Å². The molecule has 0 aliphatic carbocycles. The summed E-state index contributed by atoms with van der Waals surface area (Å²) >= 11 is 0. The molecule has 0 aliphatic rings. The number of aromatic nitrogens is 4. The van der Waals surface area contributed by atoms with Crippen LogP contribution >= 0.6 is 0 Å². The lowest BCUT2D eigenvalue weighted by Gasteiger charge is -2.16. The SMILES string of the molecule is N#Cc1cccc(-c2nc(-c3ccccc3)cc(-c3ccccc3-n3c4ccccc4c4ccc5c(c6ccccc6n5-c5ccccc5)c43)n2)c1. The third-order valence-corrected chi connectivity index (χ3v) is 9.95. The van der Waals surface area contributed by atoms with Gasteiger partial charge in [-0.1, -0.05) is 121 Å². The molecule has 0 fully saturated rings. The average Bonchev–Trinajstić information content (AvgIpc) is 3.74. The Morgan fingerprint density at radius 2 is 1.12 bits per heavy atom. The van der Waals surface area contributed by atoms with Crippen molar-refractivity contribution < 1.29 is 0 Å². The zero-order valence-corrected chi connectivity index (χ0v) is 28.0. The fourth-order valence-corrected chi connectivity index (χ4v) is 7.70. The molecule has 3 aromatic heterocycles. The van der Waals surface area contributed by atoms with Crippen LogP contribution in [0.15, 0.2) is 176 Å². The molecule has 0 radical (unpaired) electrons. The largest absolute Gasteiger partial charge is 0.309 e. The van der Waals surface area contributed by atoms with Crippen LogP contribution in [0.1, 0.15) is 5.56 Å². The molecule has 0 N–H and O–H groups in total. The minimum absolute atomic E-state index is 0.567. The van der Waals surface area contributed by atoms with Crippen LogP contribution in [-0.2, 0) is 0 Å². The van der Waals surface area contributed by atoms with Gasteiger partial charge in [0, 0.05) is 43.9 Å². The number of hydrogen-bond acceptors (Lipinski definition) is 3. The molecule has 0 bridgehead atoms. The number of nitrogens with zero attached hydrogens (tertiary/aromatic N) is 5. The Kier molecular flexibility index (Phi) is 6.80. The molecule has 5 nitrogen and oxygen atoms in total. The highest BCUT2D eigenvalue weighted by Crippen LogP contribution is 2.43. The summed E-state index contributed by atoms with van der Waals surface area (Å²) in [7, 11) is 0. The summed E-state index contributed by atoms with van der Waals surface area (Å²) in [6.45, 7) is 0. The first-order valence-corrected chi connectivity index (χ1v) is 17.3. The molecule has 0 spiro atoms. The minimum Gasteiger partial charge on any atom is -0.309 e. The Bertz CT molecular complexity index is 3020. The Balaban J connectivity index is 1.31. The Hall–Kier alpha value is -7.29. The summed E-state index contributed by atoms with van der Waals surface area (Å²) in [5, 5.41) is 14.5. The molecule has 52 heavy (non-hydrogen) atoms. The number of para-hydroxylation sites is 4. The second-order valence-corrected chi connectivity index (χ2v) is 12.9. The molecule has 242 valence electrons. The van der Waals surface area contributed by atoms with Crippen molar-refractivity contribution in [3.8, 4) is 51.3 Å². The van der Waals surface area contributed by atoms with E-state index in [0.717, 1.165) is 61.5 Å². The van der Waals surface area contributed by atoms with Crippen LogP contribution < -0.4 is 0 Å². The number of fused-ring (bicyclic) bond motifs is 7. The zero-order chi connectivity index (χ0) is 34.6. The molecule has 5 heteroatoms. The van der Waals surface area contributed by atoms with E-state index in [1.807, 2.05) is 36.4 Å². The van der Waals surface area contributed by atoms with Crippen molar-refractivity contribution in [2.75, 3.05) is 0 Å². The van der Waals surface area contributed by atoms with Crippen molar-refractivity contribution in [1.82, 2.24) is 19.1 Å². The van der Waals surface area contributed by atoms with E-state index < -0.39 is 0 Å². The van der Waals surface area contributed by atoms with Crippen molar-refractivity contribution in [3.63, 3.8) is 0 Å². The molecule has 7 aromatic carbocycles. The average molecular weight is 664 g/mol. The van der Waals surface area contributed by atoms with Crippen molar-refractivity contribution in [3.05, 3.63) is 181 Å². The summed E-state index contributed by atoms with van der Waals surface area (Å²) in [6, 6.07) is 63.1. The summed E-state index contributed by atoms with van der Waals surface area (Å²) < 4.78 is 4.79. The fourth-order valence-electron chi connectivity index (χ4n) is 7.70. The fraction of sp³-hybridized carbons (Fsp3) is 0. The maximum Gasteiger partial charge on any atom is 0.160 e. The highest BCUT2D eigenvalue weighted by Gasteiger charge is 2.23. The molecular weight excluding hydrogens is 635 g/mol. The van der Waals surface area contributed by atoms with Crippen LogP contribution in [0.5, 0.6) is 0 Å². The molecule has 3 heterocycles. The van der Waals surface area contributed by atoms with Gasteiger partial charge in [0.1, 0.15) is 0 Å². The van der Waals surface area contributed by atoms with Crippen molar-refractivity contribution in [2.45, 2.75) is 0 Å². The maximum absolute atomic E-state index is 9.70. The van der Waals surface area contributed by atoms with Crippen LogP contribution in [0.2, 0.25) is 0 Å². The highest BCUT2D eigenvalue weighted by molar-refractivity contribution is 6.26. The van der Waals surface area contributed by atoms with Gasteiger partial charge in [-0.15, -0.1) is 0 Å². The second kappa shape index (κ2) is 11.9. The minimum atomic E-state index is 0.567. The summed E-state index contributed by atoms with van der Waals surface area (Å²) in [6.07, 6.45) is 0. The molecule has 0 saturated heterocycles. The lowest BCUT2D eigenvalue weighted by Crippen LogP contribution is -2.01. The molecule has 0 saturated carbocycles. The molecule has 10 aromatic rings. The molecule has 0 aliphatic heterocycles. The highest BCUT2D eigenvalue weighted by atomic mass is 15.0. The zero-order valence-electron chi connectivity index (χ0n) is 28.0. The van der Waals surface area contributed by atoms with Gasteiger partial charge in [0.15, 0.2) is 5.82 Å². The number of hydrogen-bond donors (Lipinski definition) is 0. The molecule has 0 amide bonds. The topological polar surface area (TPSA) is 59.4 Å². The van der Waals surface area contributed by atoms with Gasteiger partial charge >= 0.3 is 0 Å². The Labute approximate surface area is 299 Å². The molecule has 10 rings (SSSR count). The molecule has 0 unspecified atom stereocenters. The maximum atomic E-state index is 9.70. The van der Waals surface area contributed by atoms with Crippen LogP contribution in [-0.4, -0.2) is 19.1 Å². The van der Waals surface area contributed by atoms with Crippen molar-refractivity contribution in [2.24, 2.45) is 0 Å². The molecular formula is C47H29N5. The van der Waals surface area contributed by atoms with Crippen LogP contribution in [0.3, 0.4) is 0 Å². The first kappa shape index (κ1) is 29.6. The van der Waals surface area contributed by atoms with Crippen molar-refractivity contribution >= 4 is 43.6 Å². The van der Waals surface area contributed by atoms with Gasteiger partial charge < -0.3 is 9.13 Å². The predicted octanol–water partition coefficient (Wildman–Crippen LogP) is 11.5. The van der Waals surface area contributed by atoms with Gasteiger partial charge in [-0.05, 0) is 54.6 Å². The quantitative estimate of drug-likeness (QED) is 0.184. The third-order valence-electron chi connectivity index (χ3n) is 9.95. The number of benzene rings is 7. The van der Waals surface area contributed by atoms with Crippen LogP contribution in [0, 0.1) is 11.3 Å². The lowest BCUT2D eigenvalue weighted by atomic mass is 10.0. The third kappa shape index (κ3) is 4.63. The van der Waals surface area contributed by atoms with E-state index in [9.17, 15) is 5.26 Å². The van der Waals surface area contributed by atoms with Gasteiger partial charge in [-0.25, -0.2) is 9.97 Å². The van der Waals surface area contributed by atoms with E-state index in [1.165, 1.54) is 21.5 Å². The number of nitriles is 1. The van der Waals surface area contributed by atoms with E-state index in [0.29, 0.717) is 11.4 Å². The normalized spacial score (nSPS) is 11.4. The lowest BCUT2D eigenvalue weighted by molar-refractivity contribution is 1.15. The Morgan fingerprint density at radius 1 is 0.462 bits per heavy atom. The van der Waals surface area contributed by atoms with Gasteiger partial charge in [-0.3, -0.25) is 0 Å². The van der Waals surface area contributed by atoms with E-state index >= 15 is 0 Å². The van der Waals surface area contributed by atoms with Crippen LogP contribution in [0.4, 0.5) is 0 Å². The van der Waals surface area contributed by atoms with E-state index in [1.54, 1.807) is 6.07 Å².